The fourth-order valence-corrected chi connectivity index (χ4v) is 3.26. The number of aromatic nitrogens is 2. The zero-order chi connectivity index (χ0) is 16.8. The normalized spacial score (nSPS) is 10.9. The third-order valence-electron chi connectivity index (χ3n) is 3.51. The first-order valence-corrected chi connectivity index (χ1v) is 8.69. The number of amides is 1. The van der Waals surface area contributed by atoms with Crippen LogP contribution in [0.2, 0.25) is 0 Å². The lowest BCUT2D eigenvalue weighted by atomic mass is 10.3. The predicted octanol–water partition coefficient (Wildman–Crippen LogP) is 2.88. The van der Waals surface area contributed by atoms with Crippen LogP contribution in [0.15, 0.2) is 59.8 Å². The lowest BCUT2D eigenvalue weighted by Crippen LogP contribution is -2.28. The summed E-state index contributed by atoms with van der Waals surface area (Å²) >= 11 is 1.43. The van der Waals surface area contributed by atoms with E-state index in [4.69, 9.17) is 4.74 Å². The Kier molecular flexibility index (Phi) is 5.51. The van der Waals surface area contributed by atoms with E-state index in [1.54, 1.807) is 7.11 Å². The summed E-state index contributed by atoms with van der Waals surface area (Å²) in [5.74, 6) is 0.295. The zero-order valence-corrected chi connectivity index (χ0v) is 14.3. The summed E-state index contributed by atoms with van der Waals surface area (Å²) in [6, 6.07) is 18.0. The van der Waals surface area contributed by atoms with E-state index in [0.29, 0.717) is 18.9 Å². The van der Waals surface area contributed by atoms with Crippen LogP contribution in [0.3, 0.4) is 0 Å². The lowest BCUT2D eigenvalue weighted by molar-refractivity contribution is -0.118. The van der Waals surface area contributed by atoms with Crippen molar-refractivity contribution in [1.82, 2.24) is 14.9 Å². The van der Waals surface area contributed by atoms with E-state index >= 15 is 0 Å². The highest BCUT2D eigenvalue weighted by molar-refractivity contribution is 7.99. The number of para-hydroxylation sites is 3. The van der Waals surface area contributed by atoms with Crippen molar-refractivity contribution in [3.05, 3.63) is 54.6 Å². The van der Waals surface area contributed by atoms with Crippen molar-refractivity contribution in [2.24, 2.45) is 0 Å². The molecule has 124 valence electrons. The van der Waals surface area contributed by atoms with Gasteiger partial charge in [-0.3, -0.25) is 9.36 Å². The summed E-state index contributed by atoms with van der Waals surface area (Å²) in [5, 5.41) is 3.63. The van der Waals surface area contributed by atoms with Gasteiger partial charge in [-0.2, -0.15) is 0 Å². The fraction of sp³-hybridized carbons (Fsp3) is 0.222. The molecule has 3 rings (SSSR count). The quantitative estimate of drug-likeness (QED) is 0.530. The van der Waals surface area contributed by atoms with E-state index in [1.165, 1.54) is 11.8 Å². The van der Waals surface area contributed by atoms with E-state index in [-0.39, 0.29) is 5.91 Å². The fourth-order valence-electron chi connectivity index (χ4n) is 2.40. The molecule has 0 aliphatic heterocycles. The molecule has 1 aromatic heterocycles. The molecule has 3 aromatic rings. The highest BCUT2D eigenvalue weighted by atomic mass is 32.2. The van der Waals surface area contributed by atoms with Gasteiger partial charge in [0.1, 0.15) is 0 Å². The molecule has 0 atom stereocenters. The Morgan fingerprint density at radius 2 is 1.92 bits per heavy atom. The third-order valence-corrected chi connectivity index (χ3v) is 4.44. The standard InChI is InChI=1S/C18H19N3O2S/c1-23-12-11-19-17(22)13-24-18-20-15-9-5-6-10-16(15)21(18)14-7-3-2-4-8-14/h2-10H,11-13H2,1H3,(H,19,22). The van der Waals surface area contributed by atoms with Gasteiger partial charge >= 0.3 is 0 Å². The van der Waals surface area contributed by atoms with Crippen LogP contribution in [0, 0.1) is 0 Å². The van der Waals surface area contributed by atoms with E-state index in [0.717, 1.165) is 21.9 Å². The maximum absolute atomic E-state index is 11.9. The minimum Gasteiger partial charge on any atom is -0.383 e. The van der Waals surface area contributed by atoms with Crippen molar-refractivity contribution in [2.45, 2.75) is 5.16 Å². The number of nitrogens with zero attached hydrogens (tertiary/aromatic N) is 2. The minimum absolute atomic E-state index is 0.0243. The van der Waals surface area contributed by atoms with Gasteiger partial charge in [-0.25, -0.2) is 4.98 Å². The number of hydrogen-bond acceptors (Lipinski definition) is 4. The summed E-state index contributed by atoms with van der Waals surface area (Å²) in [6.07, 6.45) is 0. The molecule has 0 aliphatic rings. The van der Waals surface area contributed by atoms with Crippen LogP contribution in [0.25, 0.3) is 16.7 Å². The number of ether oxygens (including phenoxy) is 1. The third kappa shape index (κ3) is 3.77. The number of nitrogens with one attached hydrogen (secondary N) is 1. The molecule has 2 aromatic carbocycles. The van der Waals surface area contributed by atoms with Crippen molar-refractivity contribution < 1.29 is 9.53 Å². The van der Waals surface area contributed by atoms with Gasteiger partial charge in [-0.05, 0) is 24.3 Å². The first-order valence-electron chi connectivity index (χ1n) is 7.71. The van der Waals surface area contributed by atoms with Crippen LogP contribution in [-0.4, -0.2) is 41.5 Å². The highest BCUT2D eigenvalue weighted by Gasteiger charge is 2.14. The molecular formula is C18H19N3O2S. The predicted molar refractivity (Wildman–Crippen MR) is 96.7 cm³/mol. The van der Waals surface area contributed by atoms with Crippen LogP contribution < -0.4 is 5.32 Å². The van der Waals surface area contributed by atoms with Gasteiger partial charge in [0.15, 0.2) is 5.16 Å². The van der Waals surface area contributed by atoms with E-state index in [2.05, 4.69) is 14.9 Å². The molecule has 1 heterocycles. The Labute approximate surface area is 145 Å². The number of fused-ring (bicyclic) bond motifs is 1. The van der Waals surface area contributed by atoms with Crippen molar-refractivity contribution >= 4 is 28.7 Å². The number of thioether (sulfide) groups is 1. The van der Waals surface area contributed by atoms with Gasteiger partial charge in [0.2, 0.25) is 5.91 Å². The molecular weight excluding hydrogens is 322 g/mol. The smallest absolute Gasteiger partial charge is 0.230 e. The van der Waals surface area contributed by atoms with Crippen LogP contribution >= 0.6 is 11.8 Å². The van der Waals surface area contributed by atoms with Gasteiger partial charge in [0.25, 0.3) is 0 Å². The molecule has 0 saturated carbocycles. The first-order chi connectivity index (χ1) is 11.8. The van der Waals surface area contributed by atoms with Crippen molar-refractivity contribution in [3.63, 3.8) is 0 Å². The summed E-state index contributed by atoms with van der Waals surface area (Å²) in [4.78, 5) is 16.6. The summed E-state index contributed by atoms with van der Waals surface area (Å²) in [6.45, 7) is 1.03. The SMILES string of the molecule is COCCNC(=O)CSc1nc2ccccc2n1-c1ccccc1. The zero-order valence-electron chi connectivity index (χ0n) is 13.4. The van der Waals surface area contributed by atoms with E-state index < -0.39 is 0 Å². The molecule has 5 nitrogen and oxygen atoms in total. The highest BCUT2D eigenvalue weighted by Crippen LogP contribution is 2.27. The second-order valence-corrected chi connectivity index (χ2v) is 6.13. The monoisotopic (exact) mass is 341 g/mol. The number of rotatable bonds is 7. The number of benzene rings is 2. The second-order valence-electron chi connectivity index (χ2n) is 5.19. The molecule has 0 bridgehead atoms. The molecule has 0 unspecified atom stereocenters. The summed E-state index contributed by atoms with van der Waals surface area (Å²) < 4.78 is 7.02. The van der Waals surface area contributed by atoms with Gasteiger partial charge in [0, 0.05) is 19.3 Å². The van der Waals surface area contributed by atoms with Gasteiger partial charge < -0.3 is 10.1 Å². The molecule has 24 heavy (non-hydrogen) atoms. The van der Waals surface area contributed by atoms with Crippen molar-refractivity contribution in [2.75, 3.05) is 26.0 Å². The Morgan fingerprint density at radius 3 is 2.71 bits per heavy atom. The molecule has 0 radical (unpaired) electrons. The molecule has 0 fully saturated rings. The largest absolute Gasteiger partial charge is 0.383 e. The van der Waals surface area contributed by atoms with E-state index in [9.17, 15) is 4.79 Å². The number of hydrogen-bond donors (Lipinski definition) is 1. The van der Waals surface area contributed by atoms with Crippen LogP contribution in [0.5, 0.6) is 0 Å². The molecule has 0 spiro atoms. The molecule has 6 heteroatoms. The summed E-state index contributed by atoms with van der Waals surface area (Å²) in [7, 11) is 1.61. The number of imidazole rings is 1. The first kappa shape index (κ1) is 16.5. The number of methoxy groups -OCH3 is 1. The number of carbonyl (C=O) groups excluding carboxylic acids is 1. The van der Waals surface area contributed by atoms with Crippen LogP contribution in [-0.2, 0) is 9.53 Å². The maximum atomic E-state index is 11.9. The topological polar surface area (TPSA) is 56.1 Å². The molecule has 0 aliphatic carbocycles. The average molecular weight is 341 g/mol. The van der Waals surface area contributed by atoms with E-state index in [1.807, 2.05) is 54.6 Å². The van der Waals surface area contributed by atoms with Crippen LogP contribution in [0.4, 0.5) is 0 Å². The van der Waals surface area contributed by atoms with Gasteiger partial charge in [-0.1, -0.05) is 42.1 Å². The minimum atomic E-state index is -0.0243. The molecule has 1 N–H and O–H groups in total. The van der Waals surface area contributed by atoms with Crippen molar-refractivity contribution in [3.8, 4) is 5.69 Å². The Bertz CT molecular complexity index is 818. The molecule has 0 saturated heterocycles. The van der Waals surface area contributed by atoms with Gasteiger partial charge in [-0.15, -0.1) is 0 Å². The number of carbonyl (C=O) groups is 1. The van der Waals surface area contributed by atoms with Gasteiger partial charge in [0.05, 0.1) is 23.4 Å². The lowest BCUT2D eigenvalue weighted by Gasteiger charge is -2.09. The Balaban J connectivity index is 1.84. The Morgan fingerprint density at radius 1 is 1.17 bits per heavy atom. The summed E-state index contributed by atoms with van der Waals surface area (Å²) in [5.41, 5.74) is 2.99. The van der Waals surface area contributed by atoms with Crippen molar-refractivity contribution in [1.29, 1.82) is 0 Å². The molecule has 1 amide bonds. The maximum Gasteiger partial charge on any atom is 0.230 e. The average Bonchev–Trinajstić information content (AvgIpc) is 2.99. The van der Waals surface area contributed by atoms with Crippen LogP contribution in [0.1, 0.15) is 0 Å². The Hall–Kier alpha value is -2.31. The second kappa shape index (κ2) is 7.99.